The number of rotatable bonds is 3. The number of nitrogens with zero attached hydrogens (tertiary/aromatic N) is 2. The Hall–Kier alpha value is -2.09. The Kier molecular flexibility index (Phi) is 3.54. The van der Waals surface area contributed by atoms with Gasteiger partial charge in [0.15, 0.2) is 0 Å². The van der Waals surface area contributed by atoms with Gasteiger partial charge in [-0.15, -0.1) is 0 Å². The fourth-order valence-electron chi connectivity index (χ4n) is 3.09. The zero-order chi connectivity index (χ0) is 15.0. The van der Waals surface area contributed by atoms with E-state index in [1.54, 1.807) is 0 Å². The third-order valence-electron chi connectivity index (χ3n) is 4.47. The van der Waals surface area contributed by atoms with Crippen LogP contribution >= 0.6 is 0 Å². The average Bonchev–Trinajstić information content (AvgIpc) is 2.95. The highest BCUT2D eigenvalue weighted by molar-refractivity contribution is 5.37. The van der Waals surface area contributed by atoms with Crippen LogP contribution in [-0.4, -0.2) is 15.8 Å². The van der Waals surface area contributed by atoms with Crippen LogP contribution in [0.4, 0.5) is 0 Å². The molecule has 1 aliphatic carbocycles. The molecule has 1 aromatic carbocycles. The van der Waals surface area contributed by atoms with E-state index in [2.05, 4.69) is 23.5 Å². The van der Waals surface area contributed by atoms with Gasteiger partial charge in [-0.25, -0.2) is 0 Å². The molecular formula is C17H19N3O. The lowest BCUT2D eigenvalue weighted by Gasteiger charge is -2.18. The first kappa shape index (κ1) is 13.9. The van der Waals surface area contributed by atoms with Crippen molar-refractivity contribution in [3.8, 4) is 6.07 Å². The van der Waals surface area contributed by atoms with Gasteiger partial charge >= 0.3 is 0 Å². The Balaban J connectivity index is 1.78. The fourth-order valence-corrected chi connectivity index (χ4v) is 3.09. The molecule has 0 radical (unpaired) electrons. The number of fused-ring (bicyclic) bond motifs is 1. The van der Waals surface area contributed by atoms with E-state index in [4.69, 9.17) is 5.26 Å². The molecule has 0 fully saturated rings. The smallest absolute Gasteiger partial charge is 0.120 e. The monoisotopic (exact) mass is 281 g/mol. The van der Waals surface area contributed by atoms with Gasteiger partial charge in [-0.1, -0.05) is 24.3 Å². The van der Waals surface area contributed by atoms with Crippen molar-refractivity contribution in [1.82, 2.24) is 9.88 Å². The minimum atomic E-state index is -0.387. The van der Waals surface area contributed by atoms with Gasteiger partial charge in [-0.2, -0.15) is 5.26 Å². The molecule has 2 aromatic rings. The third kappa shape index (κ3) is 2.35. The second-order valence-electron chi connectivity index (χ2n) is 5.64. The highest BCUT2D eigenvalue weighted by atomic mass is 16.3. The molecule has 0 aliphatic heterocycles. The molecule has 0 bridgehead atoms. The Bertz CT molecular complexity index is 711. The molecule has 0 unspecified atom stereocenters. The summed E-state index contributed by atoms with van der Waals surface area (Å²) in [7, 11) is 1.90. The summed E-state index contributed by atoms with van der Waals surface area (Å²) in [5.74, 6) is 0. The molecule has 1 aromatic heterocycles. The van der Waals surface area contributed by atoms with Gasteiger partial charge in [0.25, 0.3) is 0 Å². The zero-order valence-electron chi connectivity index (χ0n) is 12.3. The van der Waals surface area contributed by atoms with E-state index in [-0.39, 0.29) is 12.1 Å². The van der Waals surface area contributed by atoms with Crippen LogP contribution in [0.2, 0.25) is 0 Å². The first-order chi connectivity index (χ1) is 10.1. The number of nitrogens with one attached hydrogen (secondary N) is 1. The van der Waals surface area contributed by atoms with Crippen molar-refractivity contribution in [1.29, 1.82) is 5.26 Å². The molecule has 2 atom stereocenters. The molecule has 0 saturated carbocycles. The van der Waals surface area contributed by atoms with Crippen LogP contribution < -0.4 is 5.32 Å². The second kappa shape index (κ2) is 5.36. The predicted octanol–water partition coefficient (Wildman–Crippen LogP) is 1.95. The number of benzene rings is 1. The lowest BCUT2D eigenvalue weighted by Crippen LogP contribution is -2.28. The van der Waals surface area contributed by atoms with Crippen molar-refractivity contribution in [3.63, 3.8) is 0 Å². The van der Waals surface area contributed by atoms with E-state index in [0.29, 0.717) is 18.7 Å². The van der Waals surface area contributed by atoms with Crippen LogP contribution in [0.3, 0.4) is 0 Å². The first-order valence-electron chi connectivity index (χ1n) is 7.16. The number of hydrogen-bond donors (Lipinski definition) is 2. The number of aliphatic hydroxyl groups is 1. The van der Waals surface area contributed by atoms with Crippen LogP contribution in [0.25, 0.3) is 0 Å². The Morgan fingerprint density at radius 1 is 1.43 bits per heavy atom. The van der Waals surface area contributed by atoms with Crippen LogP contribution in [0.15, 0.2) is 30.3 Å². The van der Waals surface area contributed by atoms with Gasteiger partial charge in [0, 0.05) is 25.7 Å². The Labute approximate surface area is 124 Å². The molecule has 0 amide bonds. The summed E-state index contributed by atoms with van der Waals surface area (Å²) >= 11 is 0. The van der Waals surface area contributed by atoms with Gasteiger partial charge in [0.05, 0.1) is 12.1 Å². The molecule has 108 valence electrons. The van der Waals surface area contributed by atoms with Crippen molar-refractivity contribution >= 4 is 0 Å². The maximum absolute atomic E-state index is 10.2. The number of aromatic nitrogens is 1. The van der Waals surface area contributed by atoms with Crippen LogP contribution in [0, 0.1) is 18.3 Å². The van der Waals surface area contributed by atoms with E-state index in [1.165, 1.54) is 11.1 Å². The lowest BCUT2D eigenvalue weighted by atomic mass is 10.1. The van der Waals surface area contributed by atoms with E-state index in [9.17, 15) is 5.11 Å². The van der Waals surface area contributed by atoms with Crippen molar-refractivity contribution < 1.29 is 5.11 Å². The molecule has 3 rings (SSSR count). The van der Waals surface area contributed by atoms with Crippen molar-refractivity contribution in [2.45, 2.75) is 32.0 Å². The average molecular weight is 281 g/mol. The summed E-state index contributed by atoms with van der Waals surface area (Å²) in [4.78, 5) is 0. The van der Waals surface area contributed by atoms with Crippen molar-refractivity contribution in [2.24, 2.45) is 7.05 Å². The van der Waals surface area contributed by atoms with Crippen molar-refractivity contribution in [2.75, 3.05) is 0 Å². The summed E-state index contributed by atoms with van der Waals surface area (Å²) in [5, 5.41) is 22.8. The quantitative estimate of drug-likeness (QED) is 0.904. The zero-order valence-corrected chi connectivity index (χ0v) is 12.3. The summed E-state index contributed by atoms with van der Waals surface area (Å²) in [6.45, 7) is 2.66. The van der Waals surface area contributed by atoms with E-state index < -0.39 is 0 Å². The maximum Gasteiger partial charge on any atom is 0.120 e. The SMILES string of the molecule is Cc1c(CN[C@@H]2c3ccccc3C[C@H]2O)cc(C#N)n1C. The summed E-state index contributed by atoms with van der Waals surface area (Å²) in [6, 6.07) is 12.2. The van der Waals surface area contributed by atoms with Crippen molar-refractivity contribution in [3.05, 3.63) is 58.4 Å². The fraction of sp³-hybridized carbons (Fsp3) is 0.353. The van der Waals surface area contributed by atoms with E-state index in [0.717, 1.165) is 11.3 Å². The molecule has 4 heteroatoms. The summed E-state index contributed by atoms with van der Waals surface area (Å²) in [5.41, 5.74) is 5.24. The van der Waals surface area contributed by atoms with E-state index >= 15 is 0 Å². The third-order valence-corrected chi connectivity index (χ3v) is 4.47. The molecule has 0 saturated heterocycles. The minimum Gasteiger partial charge on any atom is -0.391 e. The highest BCUT2D eigenvalue weighted by Crippen LogP contribution is 2.31. The Morgan fingerprint density at radius 3 is 2.90 bits per heavy atom. The predicted molar refractivity (Wildman–Crippen MR) is 80.6 cm³/mol. The molecule has 0 spiro atoms. The molecule has 1 aliphatic rings. The summed E-state index contributed by atoms with van der Waals surface area (Å²) in [6.07, 6.45) is 0.312. The van der Waals surface area contributed by atoms with Gasteiger partial charge in [-0.05, 0) is 29.7 Å². The maximum atomic E-state index is 10.2. The number of aliphatic hydroxyl groups excluding tert-OH is 1. The van der Waals surface area contributed by atoms with Gasteiger partial charge < -0.3 is 15.0 Å². The number of nitriles is 1. The normalized spacial score (nSPS) is 20.3. The molecular weight excluding hydrogens is 262 g/mol. The van der Waals surface area contributed by atoms with Gasteiger partial charge in [0.1, 0.15) is 11.8 Å². The highest BCUT2D eigenvalue weighted by Gasteiger charge is 2.30. The second-order valence-corrected chi connectivity index (χ2v) is 5.64. The molecule has 21 heavy (non-hydrogen) atoms. The summed E-state index contributed by atoms with van der Waals surface area (Å²) < 4.78 is 1.90. The van der Waals surface area contributed by atoms with Crippen LogP contribution in [-0.2, 0) is 20.0 Å². The first-order valence-corrected chi connectivity index (χ1v) is 7.16. The van der Waals surface area contributed by atoms with E-state index in [1.807, 2.05) is 36.7 Å². The van der Waals surface area contributed by atoms with Crippen LogP contribution in [0.5, 0.6) is 0 Å². The molecule has 4 nitrogen and oxygen atoms in total. The lowest BCUT2D eigenvalue weighted by molar-refractivity contribution is 0.140. The topological polar surface area (TPSA) is 61.0 Å². The van der Waals surface area contributed by atoms with Gasteiger partial charge in [-0.3, -0.25) is 0 Å². The molecule has 2 N–H and O–H groups in total. The Morgan fingerprint density at radius 2 is 2.19 bits per heavy atom. The number of hydrogen-bond acceptors (Lipinski definition) is 3. The standard InChI is InChI=1S/C17H19N3O/c1-11-13(7-14(9-18)20(11)2)10-19-17-15-6-4-3-5-12(15)8-16(17)21/h3-7,16-17,19,21H,8,10H2,1-2H3/t16-,17-/m1/s1. The largest absolute Gasteiger partial charge is 0.391 e. The van der Waals surface area contributed by atoms with Crippen LogP contribution in [0.1, 0.15) is 34.1 Å². The minimum absolute atomic E-state index is 0.0358. The molecule has 1 heterocycles. The van der Waals surface area contributed by atoms with Gasteiger partial charge in [0.2, 0.25) is 0 Å².